The lowest BCUT2D eigenvalue weighted by Crippen LogP contribution is -2.08. The number of hydrogen-bond acceptors (Lipinski definition) is 5. The second-order valence-electron chi connectivity index (χ2n) is 3.99. The van der Waals surface area contributed by atoms with Crippen LogP contribution in [0.15, 0.2) is 0 Å². The minimum atomic E-state index is -0.969. The molecule has 0 aliphatic heterocycles. The van der Waals surface area contributed by atoms with Crippen LogP contribution in [0.25, 0.3) is 0 Å². The van der Waals surface area contributed by atoms with E-state index < -0.39 is 11.9 Å². The molecule has 0 saturated carbocycles. The van der Waals surface area contributed by atoms with Gasteiger partial charge in [0.1, 0.15) is 0 Å². The van der Waals surface area contributed by atoms with Crippen LogP contribution in [-0.4, -0.2) is 34.7 Å². The van der Waals surface area contributed by atoms with Crippen molar-refractivity contribution >= 4 is 33.5 Å². The molecule has 0 saturated heterocycles. The fraction of sp³-hybridized carbons (Fsp3) is 0.833. The first-order chi connectivity index (χ1) is 8.56. The number of carboxylic acids is 1. The number of rotatable bonds is 11. The van der Waals surface area contributed by atoms with E-state index in [9.17, 15) is 9.59 Å². The molecule has 0 aliphatic rings. The molecular weight excluding hydrogens is 272 g/mol. The van der Waals surface area contributed by atoms with Crippen molar-refractivity contribution in [3.63, 3.8) is 0 Å². The molecule has 0 aromatic carbocycles. The first-order valence-corrected chi connectivity index (χ1v) is 8.60. The molecule has 0 heterocycles. The summed E-state index contributed by atoms with van der Waals surface area (Å²) in [5.41, 5.74) is 0. The molecule has 0 amide bonds. The molecule has 0 aromatic heterocycles. The van der Waals surface area contributed by atoms with Crippen molar-refractivity contribution in [1.82, 2.24) is 0 Å². The Morgan fingerprint density at radius 1 is 1.33 bits per heavy atom. The van der Waals surface area contributed by atoms with Gasteiger partial charge in [-0.15, -0.1) is 0 Å². The number of hydrogen-bond donors (Lipinski definition) is 1. The van der Waals surface area contributed by atoms with Crippen LogP contribution in [0.1, 0.15) is 46.0 Å². The van der Waals surface area contributed by atoms with E-state index in [1.54, 1.807) is 10.8 Å². The van der Waals surface area contributed by atoms with Crippen LogP contribution < -0.4 is 0 Å². The van der Waals surface area contributed by atoms with E-state index in [4.69, 9.17) is 9.84 Å². The summed E-state index contributed by atoms with van der Waals surface area (Å²) in [7, 11) is 3.67. The Morgan fingerprint density at radius 2 is 2.06 bits per heavy atom. The molecule has 1 N–H and O–H groups in total. The first kappa shape index (κ1) is 17.6. The Labute approximate surface area is 117 Å². The summed E-state index contributed by atoms with van der Waals surface area (Å²) in [6, 6.07) is 0. The average Bonchev–Trinajstić information content (AvgIpc) is 2.31. The highest BCUT2D eigenvalue weighted by Gasteiger charge is 2.06. The third kappa shape index (κ3) is 12.1. The third-order valence-corrected chi connectivity index (χ3v) is 5.16. The van der Waals surface area contributed by atoms with Crippen LogP contribution in [0.4, 0.5) is 0 Å². The Bertz CT molecular complexity index is 246. The van der Waals surface area contributed by atoms with Crippen LogP contribution in [0.3, 0.4) is 0 Å². The van der Waals surface area contributed by atoms with Crippen molar-refractivity contribution in [2.75, 3.05) is 12.4 Å². The largest absolute Gasteiger partial charge is 0.481 e. The van der Waals surface area contributed by atoms with Gasteiger partial charge in [0, 0.05) is 11.0 Å². The van der Waals surface area contributed by atoms with Gasteiger partial charge >= 0.3 is 11.9 Å². The molecule has 1 unspecified atom stereocenters. The molecule has 0 rings (SSSR count). The molecule has 0 radical (unpaired) electrons. The van der Waals surface area contributed by atoms with Gasteiger partial charge in [0.25, 0.3) is 0 Å². The smallest absolute Gasteiger partial charge is 0.306 e. The summed E-state index contributed by atoms with van der Waals surface area (Å²) in [5, 5.41) is 9.05. The number of carbonyl (C=O) groups is 2. The van der Waals surface area contributed by atoms with Gasteiger partial charge in [0.15, 0.2) is 0 Å². The second kappa shape index (κ2) is 11.7. The van der Waals surface area contributed by atoms with Crippen LogP contribution in [0.5, 0.6) is 0 Å². The van der Waals surface area contributed by atoms with Crippen molar-refractivity contribution in [2.45, 2.75) is 51.2 Å². The van der Waals surface area contributed by atoms with Crippen LogP contribution in [0, 0.1) is 0 Å². The summed E-state index contributed by atoms with van der Waals surface area (Å²) >= 11 is 0. The SMILES string of the molecule is CCCC(C)SSCCCOC(=O)CCC(=O)O. The highest BCUT2D eigenvalue weighted by molar-refractivity contribution is 8.76. The monoisotopic (exact) mass is 294 g/mol. The first-order valence-electron chi connectivity index (χ1n) is 6.22. The Morgan fingerprint density at radius 3 is 2.67 bits per heavy atom. The highest BCUT2D eigenvalue weighted by atomic mass is 33.1. The average molecular weight is 294 g/mol. The predicted molar refractivity (Wildman–Crippen MR) is 76.9 cm³/mol. The van der Waals surface area contributed by atoms with Gasteiger partial charge < -0.3 is 9.84 Å². The Balaban J connectivity index is 3.29. The fourth-order valence-corrected chi connectivity index (χ4v) is 3.73. The van der Waals surface area contributed by atoms with E-state index in [1.165, 1.54) is 12.8 Å². The summed E-state index contributed by atoms with van der Waals surface area (Å²) < 4.78 is 4.92. The lowest BCUT2D eigenvalue weighted by molar-refractivity contribution is -0.147. The van der Waals surface area contributed by atoms with Crippen LogP contribution in [-0.2, 0) is 14.3 Å². The van der Waals surface area contributed by atoms with Crippen LogP contribution >= 0.6 is 21.6 Å². The topological polar surface area (TPSA) is 63.6 Å². The zero-order chi connectivity index (χ0) is 13.8. The van der Waals surface area contributed by atoms with Gasteiger partial charge in [-0.25, -0.2) is 0 Å². The van der Waals surface area contributed by atoms with Gasteiger partial charge in [-0.1, -0.05) is 41.9 Å². The van der Waals surface area contributed by atoms with E-state index in [0.717, 1.165) is 12.2 Å². The standard InChI is InChI=1S/C12H22O4S2/c1-3-5-10(2)18-17-9-4-8-16-12(15)7-6-11(13)14/h10H,3-9H2,1-2H3,(H,13,14). The summed E-state index contributed by atoms with van der Waals surface area (Å²) in [6.45, 7) is 4.78. The van der Waals surface area contributed by atoms with E-state index in [-0.39, 0.29) is 12.8 Å². The molecule has 18 heavy (non-hydrogen) atoms. The molecule has 0 bridgehead atoms. The van der Waals surface area contributed by atoms with Crippen molar-refractivity contribution < 1.29 is 19.4 Å². The zero-order valence-corrected chi connectivity index (χ0v) is 12.6. The van der Waals surface area contributed by atoms with Crippen molar-refractivity contribution in [1.29, 1.82) is 0 Å². The summed E-state index contributed by atoms with van der Waals surface area (Å²) in [4.78, 5) is 21.3. The summed E-state index contributed by atoms with van der Waals surface area (Å²) in [6.07, 6.45) is 3.05. The Hall–Kier alpha value is -0.360. The second-order valence-corrected chi connectivity index (χ2v) is 6.91. The van der Waals surface area contributed by atoms with Gasteiger partial charge in [-0.2, -0.15) is 0 Å². The maximum atomic E-state index is 11.1. The molecule has 0 spiro atoms. The fourth-order valence-electron chi connectivity index (χ4n) is 1.20. The quantitative estimate of drug-likeness (QED) is 0.358. The molecule has 0 aliphatic carbocycles. The maximum Gasteiger partial charge on any atom is 0.306 e. The summed E-state index contributed by atoms with van der Waals surface area (Å²) in [5.74, 6) is -0.441. The molecule has 0 aromatic rings. The lowest BCUT2D eigenvalue weighted by atomic mass is 10.3. The number of ether oxygens (including phenoxy) is 1. The predicted octanol–water partition coefficient (Wildman–Crippen LogP) is 3.35. The molecule has 6 heteroatoms. The lowest BCUT2D eigenvalue weighted by Gasteiger charge is -2.08. The third-order valence-electron chi connectivity index (χ3n) is 2.11. The Kier molecular flexibility index (Phi) is 11.5. The normalized spacial score (nSPS) is 12.1. The van der Waals surface area contributed by atoms with Crippen LogP contribution in [0.2, 0.25) is 0 Å². The van der Waals surface area contributed by atoms with Gasteiger partial charge in [-0.05, 0) is 12.8 Å². The molecule has 4 nitrogen and oxygen atoms in total. The molecule has 0 fully saturated rings. The van der Waals surface area contributed by atoms with E-state index in [0.29, 0.717) is 11.9 Å². The van der Waals surface area contributed by atoms with Gasteiger partial charge in [0.2, 0.25) is 0 Å². The van der Waals surface area contributed by atoms with E-state index >= 15 is 0 Å². The number of esters is 1. The molecule has 106 valence electrons. The minimum absolute atomic E-state index is 0.0369. The number of carbonyl (C=O) groups excluding carboxylic acids is 1. The minimum Gasteiger partial charge on any atom is -0.481 e. The van der Waals surface area contributed by atoms with Gasteiger partial charge in [-0.3, -0.25) is 9.59 Å². The van der Waals surface area contributed by atoms with Crippen molar-refractivity contribution in [3.05, 3.63) is 0 Å². The van der Waals surface area contributed by atoms with E-state index in [2.05, 4.69) is 13.8 Å². The van der Waals surface area contributed by atoms with Gasteiger partial charge in [0.05, 0.1) is 19.4 Å². The number of carboxylic acid groups (broad SMARTS) is 1. The number of aliphatic carboxylic acids is 1. The van der Waals surface area contributed by atoms with E-state index in [1.807, 2.05) is 10.8 Å². The van der Waals surface area contributed by atoms with Crippen molar-refractivity contribution in [3.8, 4) is 0 Å². The van der Waals surface area contributed by atoms with Crippen molar-refractivity contribution in [2.24, 2.45) is 0 Å². The molecule has 1 atom stereocenters. The zero-order valence-electron chi connectivity index (χ0n) is 11.0. The molecular formula is C12H22O4S2. The highest BCUT2D eigenvalue weighted by Crippen LogP contribution is 2.29. The maximum absolute atomic E-state index is 11.1.